The highest BCUT2D eigenvalue weighted by atomic mass is 32.2. The van der Waals surface area contributed by atoms with Crippen molar-refractivity contribution in [1.29, 1.82) is 0 Å². The van der Waals surface area contributed by atoms with Crippen LogP contribution < -0.4 is 4.72 Å². The standard InChI is InChI=1S/C14H22N2O5S/c1-4-20-14(17)12-9(2)16-10(3)13(12)22(18,19)15-8-11-6-5-7-21-11/h11,15-16H,4-8H2,1-3H3. The molecule has 1 aromatic rings. The molecule has 1 unspecified atom stereocenters. The summed E-state index contributed by atoms with van der Waals surface area (Å²) in [6.07, 6.45) is 1.66. The number of aromatic amines is 1. The number of aryl methyl sites for hydroxylation is 2. The second kappa shape index (κ2) is 6.80. The van der Waals surface area contributed by atoms with Crippen molar-refractivity contribution in [3.63, 3.8) is 0 Å². The topological polar surface area (TPSA) is 97.5 Å². The summed E-state index contributed by atoms with van der Waals surface area (Å²) in [5, 5.41) is 0. The van der Waals surface area contributed by atoms with Crippen LogP contribution in [0.4, 0.5) is 0 Å². The molecule has 2 rings (SSSR count). The van der Waals surface area contributed by atoms with Gasteiger partial charge >= 0.3 is 5.97 Å². The molecular weight excluding hydrogens is 308 g/mol. The molecule has 1 saturated heterocycles. The molecule has 0 aliphatic carbocycles. The molecule has 124 valence electrons. The number of H-pyrrole nitrogens is 1. The lowest BCUT2D eigenvalue weighted by atomic mass is 10.2. The van der Waals surface area contributed by atoms with Gasteiger partial charge in [0.15, 0.2) is 0 Å². The van der Waals surface area contributed by atoms with E-state index < -0.39 is 16.0 Å². The number of esters is 1. The van der Waals surface area contributed by atoms with Gasteiger partial charge in [0, 0.05) is 24.5 Å². The van der Waals surface area contributed by atoms with Crippen LogP contribution >= 0.6 is 0 Å². The fourth-order valence-electron chi connectivity index (χ4n) is 2.62. The third kappa shape index (κ3) is 3.50. The number of rotatable bonds is 6. The number of ether oxygens (including phenoxy) is 2. The molecule has 1 atom stereocenters. The van der Waals surface area contributed by atoms with Gasteiger partial charge in [-0.15, -0.1) is 0 Å². The number of sulfonamides is 1. The van der Waals surface area contributed by atoms with Crippen molar-refractivity contribution in [3.05, 3.63) is 17.0 Å². The number of aromatic nitrogens is 1. The van der Waals surface area contributed by atoms with E-state index in [9.17, 15) is 13.2 Å². The SMILES string of the molecule is CCOC(=O)c1c(C)[nH]c(C)c1S(=O)(=O)NCC1CCCO1. The van der Waals surface area contributed by atoms with Gasteiger partial charge < -0.3 is 14.5 Å². The van der Waals surface area contributed by atoms with E-state index in [-0.39, 0.29) is 29.7 Å². The van der Waals surface area contributed by atoms with E-state index in [1.54, 1.807) is 20.8 Å². The van der Waals surface area contributed by atoms with Crippen LogP contribution in [0.2, 0.25) is 0 Å². The van der Waals surface area contributed by atoms with Crippen molar-refractivity contribution < 1.29 is 22.7 Å². The number of carbonyl (C=O) groups is 1. The average Bonchev–Trinajstić information content (AvgIpc) is 3.04. The largest absolute Gasteiger partial charge is 0.462 e. The molecule has 0 aromatic carbocycles. The van der Waals surface area contributed by atoms with Gasteiger partial charge in [0.1, 0.15) is 10.5 Å². The first kappa shape index (κ1) is 17.0. The first-order valence-electron chi connectivity index (χ1n) is 7.34. The molecule has 1 aliphatic rings. The Morgan fingerprint density at radius 3 is 2.73 bits per heavy atom. The quantitative estimate of drug-likeness (QED) is 0.766. The van der Waals surface area contributed by atoms with Crippen LogP contribution in [0.3, 0.4) is 0 Å². The first-order chi connectivity index (χ1) is 10.4. The zero-order valence-electron chi connectivity index (χ0n) is 13.1. The summed E-state index contributed by atoms with van der Waals surface area (Å²) in [5.41, 5.74) is 0.966. The Labute approximate surface area is 130 Å². The summed E-state index contributed by atoms with van der Waals surface area (Å²) in [6, 6.07) is 0. The third-order valence-electron chi connectivity index (χ3n) is 3.59. The second-order valence-corrected chi connectivity index (χ2v) is 6.99. The molecule has 0 radical (unpaired) electrons. The van der Waals surface area contributed by atoms with Crippen molar-refractivity contribution >= 4 is 16.0 Å². The molecule has 7 nitrogen and oxygen atoms in total. The molecule has 1 aliphatic heterocycles. The van der Waals surface area contributed by atoms with Crippen molar-refractivity contribution in [1.82, 2.24) is 9.71 Å². The van der Waals surface area contributed by atoms with Crippen LogP contribution in [0, 0.1) is 13.8 Å². The van der Waals surface area contributed by atoms with Crippen molar-refractivity contribution in [2.45, 2.75) is 44.6 Å². The van der Waals surface area contributed by atoms with Crippen molar-refractivity contribution in [2.24, 2.45) is 0 Å². The summed E-state index contributed by atoms with van der Waals surface area (Å²) in [7, 11) is -3.81. The molecule has 1 fully saturated rings. The number of hydrogen-bond acceptors (Lipinski definition) is 5. The first-order valence-corrected chi connectivity index (χ1v) is 8.82. The van der Waals surface area contributed by atoms with Crippen LogP contribution in [0.1, 0.15) is 41.5 Å². The highest BCUT2D eigenvalue weighted by molar-refractivity contribution is 7.89. The minimum atomic E-state index is -3.81. The van der Waals surface area contributed by atoms with E-state index in [1.165, 1.54) is 0 Å². The Kier molecular flexibility index (Phi) is 5.25. The lowest BCUT2D eigenvalue weighted by Gasteiger charge is -2.12. The minimum absolute atomic E-state index is 0.0403. The molecule has 2 N–H and O–H groups in total. The third-order valence-corrected chi connectivity index (χ3v) is 5.19. The maximum absolute atomic E-state index is 12.6. The van der Waals surface area contributed by atoms with E-state index in [4.69, 9.17) is 9.47 Å². The maximum atomic E-state index is 12.6. The fraction of sp³-hybridized carbons (Fsp3) is 0.643. The van der Waals surface area contributed by atoms with Gasteiger partial charge in [-0.1, -0.05) is 0 Å². The molecule has 1 aromatic heterocycles. The summed E-state index contributed by atoms with van der Waals surface area (Å²) in [6.45, 7) is 5.99. The lowest BCUT2D eigenvalue weighted by molar-refractivity contribution is 0.0521. The van der Waals surface area contributed by atoms with E-state index >= 15 is 0 Å². The van der Waals surface area contributed by atoms with Crippen molar-refractivity contribution in [3.8, 4) is 0 Å². The zero-order chi connectivity index (χ0) is 16.3. The molecule has 22 heavy (non-hydrogen) atoms. The highest BCUT2D eigenvalue weighted by Crippen LogP contribution is 2.24. The molecule has 0 spiro atoms. The molecular formula is C14H22N2O5S. The smallest absolute Gasteiger partial charge is 0.341 e. The Morgan fingerprint density at radius 2 is 2.14 bits per heavy atom. The average molecular weight is 330 g/mol. The van der Waals surface area contributed by atoms with E-state index in [2.05, 4.69) is 9.71 Å². The number of nitrogens with one attached hydrogen (secondary N) is 2. The van der Waals surface area contributed by atoms with Gasteiger partial charge in [-0.05, 0) is 33.6 Å². The molecule has 0 bridgehead atoms. The molecule has 0 saturated carbocycles. The zero-order valence-corrected chi connectivity index (χ0v) is 13.9. The minimum Gasteiger partial charge on any atom is -0.462 e. The highest BCUT2D eigenvalue weighted by Gasteiger charge is 2.30. The van der Waals surface area contributed by atoms with Gasteiger partial charge in [0.05, 0.1) is 12.7 Å². The van der Waals surface area contributed by atoms with E-state index in [0.29, 0.717) is 18.0 Å². The van der Waals surface area contributed by atoms with E-state index in [0.717, 1.165) is 12.8 Å². The Bertz CT molecular complexity index is 644. The Hall–Kier alpha value is -1.38. The fourth-order valence-corrected chi connectivity index (χ4v) is 4.13. The lowest BCUT2D eigenvalue weighted by Crippen LogP contribution is -2.33. The Balaban J connectivity index is 2.27. The monoisotopic (exact) mass is 330 g/mol. The van der Waals surface area contributed by atoms with Crippen LogP contribution in [0.5, 0.6) is 0 Å². The summed E-state index contributed by atoms with van der Waals surface area (Å²) in [5.74, 6) is -0.637. The molecule has 8 heteroatoms. The molecule has 2 heterocycles. The second-order valence-electron chi connectivity index (χ2n) is 5.29. The summed E-state index contributed by atoms with van der Waals surface area (Å²) < 4.78 is 38.0. The summed E-state index contributed by atoms with van der Waals surface area (Å²) in [4.78, 5) is 14.9. The van der Waals surface area contributed by atoms with Gasteiger partial charge in [-0.3, -0.25) is 0 Å². The van der Waals surface area contributed by atoms with Crippen LogP contribution in [0.25, 0.3) is 0 Å². The van der Waals surface area contributed by atoms with Gasteiger partial charge in [0.25, 0.3) is 0 Å². The predicted molar refractivity (Wildman–Crippen MR) is 80.4 cm³/mol. The van der Waals surface area contributed by atoms with Crippen molar-refractivity contribution in [2.75, 3.05) is 19.8 Å². The Morgan fingerprint density at radius 1 is 1.41 bits per heavy atom. The van der Waals surface area contributed by atoms with Gasteiger partial charge in [0.2, 0.25) is 10.0 Å². The maximum Gasteiger partial charge on any atom is 0.341 e. The van der Waals surface area contributed by atoms with Crippen LogP contribution in [0.15, 0.2) is 4.90 Å². The molecule has 0 amide bonds. The predicted octanol–water partition coefficient (Wildman–Crippen LogP) is 1.27. The van der Waals surface area contributed by atoms with Crippen LogP contribution in [-0.2, 0) is 19.5 Å². The summed E-state index contributed by atoms with van der Waals surface area (Å²) >= 11 is 0. The normalized spacial score (nSPS) is 18.6. The van der Waals surface area contributed by atoms with Gasteiger partial charge in [-0.2, -0.15) is 0 Å². The van der Waals surface area contributed by atoms with E-state index in [1.807, 2.05) is 0 Å². The van der Waals surface area contributed by atoms with Crippen LogP contribution in [-0.4, -0.2) is 45.2 Å². The number of hydrogen-bond donors (Lipinski definition) is 2. The van der Waals surface area contributed by atoms with Gasteiger partial charge in [-0.25, -0.2) is 17.9 Å². The number of carbonyl (C=O) groups excluding carboxylic acids is 1.